The zero-order valence-corrected chi connectivity index (χ0v) is 10.1. The topological polar surface area (TPSA) is 30.5 Å². The monoisotopic (exact) mass is 223 g/mol. The van der Waals surface area contributed by atoms with Gasteiger partial charge in [0.2, 0.25) is 0 Å². The lowest BCUT2D eigenvalue weighted by Gasteiger charge is -2.12. The molecule has 1 N–H and O–H groups in total. The van der Waals surface area contributed by atoms with Gasteiger partial charge >= 0.3 is 0 Å². The summed E-state index contributed by atoms with van der Waals surface area (Å²) in [7, 11) is 1.67. The molecule has 0 amide bonds. The SMILES string of the molecule is COCCONCCC(C)c1ccccc1. The predicted octanol–water partition coefficient (Wildman–Crippen LogP) is 2.35. The van der Waals surface area contributed by atoms with Crippen molar-refractivity contribution >= 4 is 0 Å². The third kappa shape index (κ3) is 5.26. The summed E-state index contributed by atoms with van der Waals surface area (Å²) in [4.78, 5) is 5.19. The minimum Gasteiger partial charge on any atom is -0.382 e. The van der Waals surface area contributed by atoms with E-state index in [0.717, 1.165) is 13.0 Å². The Bertz CT molecular complexity index is 264. The molecule has 0 radical (unpaired) electrons. The van der Waals surface area contributed by atoms with Gasteiger partial charge in [0.25, 0.3) is 0 Å². The second-order valence-corrected chi connectivity index (χ2v) is 3.84. The van der Waals surface area contributed by atoms with Crippen LogP contribution in [-0.4, -0.2) is 26.9 Å². The van der Waals surface area contributed by atoms with E-state index in [-0.39, 0.29) is 0 Å². The highest BCUT2D eigenvalue weighted by molar-refractivity contribution is 5.18. The van der Waals surface area contributed by atoms with Gasteiger partial charge in [-0.25, -0.2) is 5.48 Å². The Morgan fingerprint density at radius 1 is 1.19 bits per heavy atom. The van der Waals surface area contributed by atoms with E-state index in [0.29, 0.717) is 19.1 Å². The Labute approximate surface area is 97.7 Å². The van der Waals surface area contributed by atoms with Gasteiger partial charge in [0.15, 0.2) is 0 Å². The highest BCUT2D eigenvalue weighted by Gasteiger charge is 2.03. The first-order valence-corrected chi connectivity index (χ1v) is 5.73. The predicted molar refractivity (Wildman–Crippen MR) is 65.3 cm³/mol. The number of hydroxylamine groups is 1. The zero-order chi connectivity index (χ0) is 11.6. The molecule has 0 spiro atoms. The van der Waals surface area contributed by atoms with E-state index in [9.17, 15) is 0 Å². The van der Waals surface area contributed by atoms with Crippen LogP contribution in [0.1, 0.15) is 24.8 Å². The quantitative estimate of drug-likeness (QED) is 0.542. The summed E-state index contributed by atoms with van der Waals surface area (Å²) in [6.45, 7) is 4.31. The lowest BCUT2D eigenvalue weighted by Crippen LogP contribution is -2.20. The molecule has 3 nitrogen and oxygen atoms in total. The van der Waals surface area contributed by atoms with Gasteiger partial charge in [-0.3, -0.25) is 4.84 Å². The third-order valence-corrected chi connectivity index (χ3v) is 2.54. The first kappa shape index (κ1) is 13.2. The van der Waals surface area contributed by atoms with Gasteiger partial charge in [-0.15, -0.1) is 0 Å². The second kappa shape index (κ2) is 8.28. The standard InChI is InChI=1S/C13H21NO2/c1-12(13-6-4-3-5-7-13)8-9-14-16-11-10-15-2/h3-7,12,14H,8-11H2,1-2H3. The molecule has 1 unspecified atom stereocenters. The maximum atomic E-state index is 5.19. The number of benzene rings is 1. The van der Waals surface area contributed by atoms with Crippen LogP contribution in [0.15, 0.2) is 30.3 Å². The average molecular weight is 223 g/mol. The normalized spacial score (nSPS) is 12.6. The molecule has 0 aromatic heterocycles. The fourth-order valence-corrected chi connectivity index (χ4v) is 1.49. The Morgan fingerprint density at radius 3 is 2.62 bits per heavy atom. The van der Waals surface area contributed by atoms with E-state index in [1.165, 1.54) is 5.56 Å². The lowest BCUT2D eigenvalue weighted by atomic mass is 9.98. The van der Waals surface area contributed by atoms with E-state index < -0.39 is 0 Å². The van der Waals surface area contributed by atoms with Gasteiger partial charge < -0.3 is 4.74 Å². The molecule has 0 bridgehead atoms. The number of hydrogen-bond donors (Lipinski definition) is 1. The van der Waals surface area contributed by atoms with Crippen molar-refractivity contribution in [1.29, 1.82) is 0 Å². The van der Waals surface area contributed by atoms with E-state index >= 15 is 0 Å². The molecule has 0 fully saturated rings. The van der Waals surface area contributed by atoms with Crippen LogP contribution < -0.4 is 5.48 Å². The van der Waals surface area contributed by atoms with Crippen LogP contribution in [-0.2, 0) is 9.57 Å². The van der Waals surface area contributed by atoms with Crippen LogP contribution in [0.3, 0.4) is 0 Å². The summed E-state index contributed by atoms with van der Waals surface area (Å²) < 4.78 is 4.87. The minimum atomic E-state index is 0.555. The Balaban J connectivity index is 2.09. The first-order valence-electron chi connectivity index (χ1n) is 5.73. The molecule has 0 saturated carbocycles. The van der Waals surface area contributed by atoms with Gasteiger partial charge in [0.1, 0.15) is 0 Å². The van der Waals surface area contributed by atoms with Crippen molar-refractivity contribution in [3.05, 3.63) is 35.9 Å². The Kier molecular flexibility index (Phi) is 6.81. The van der Waals surface area contributed by atoms with Crippen LogP contribution in [0.5, 0.6) is 0 Å². The average Bonchev–Trinajstić information content (AvgIpc) is 2.34. The van der Waals surface area contributed by atoms with Crippen LogP contribution >= 0.6 is 0 Å². The first-order chi connectivity index (χ1) is 7.84. The van der Waals surface area contributed by atoms with Crippen molar-refractivity contribution in [2.24, 2.45) is 0 Å². The molecule has 1 aromatic carbocycles. The largest absolute Gasteiger partial charge is 0.382 e. The number of hydrogen-bond acceptors (Lipinski definition) is 3. The second-order valence-electron chi connectivity index (χ2n) is 3.84. The van der Waals surface area contributed by atoms with E-state index in [1.807, 2.05) is 6.07 Å². The van der Waals surface area contributed by atoms with E-state index in [4.69, 9.17) is 9.57 Å². The molecule has 0 aliphatic carbocycles. The van der Waals surface area contributed by atoms with Gasteiger partial charge in [0.05, 0.1) is 13.2 Å². The van der Waals surface area contributed by atoms with Crippen LogP contribution in [0.4, 0.5) is 0 Å². The van der Waals surface area contributed by atoms with Crippen molar-refractivity contribution in [1.82, 2.24) is 5.48 Å². The number of nitrogens with one attached hydrogen (secondary N) is 1. The van der Waals surface area contributed by atoms with Gasteiger partial charge in [-0.05, 0) is 17.9 Å². The molecule has 1 aromatic rings. The highest BCUT2D eigenvalue weighted by Crippen LogP contribution is 2.17. The van der Waals surface area contributed by atoms with Crippen molar-refractivity contribution < 1.29 is 9.57 Å². The summed E-state index contributed by atoms with van der Waals surface area (Å²) in [6.07, 6.45) is 1.07. The zero-order valence-electron chi connectivity index (χ0n) is 10.1. The summed E-state index contributed by atoms with van der Waals surface area (Å²) in [5.41, 5.74) is 4.32. The fraction of sp³-hybridized carbons (Fsp3) is 0.538. The van der Waals surface area contributed by atoms with Crippen LogP contribution in [0.25, 0.3) is 0 Å². The molecule has 0 saturated heterocycles. The van der Waals surface area contributed by atoms with Crippen molar-refractivity contribution in [2.75, 3.05) is 26.9 Å². The molecule has 3 heteroatoms. The van der Waals surface area contributed by atoms with Crippen LogP contribution in [0, 0.1) is 0 Å². The van der Waals surface area contributed by atoms with Crippen molar-refractivity contribution in [2.45, 2.75) is 19.3 Å². The summed E-state index contributed by atoms with van der Waals surface area (Å²) >= 11 is 0. The Hall–Kier alpha value is -0.900. The van der Waals surface area contributed by atoms with Crippen molar-refractivity contribution in [3.8, 4) is 0 Å². The molecule has 1 atom stereocenters. The maximum Gasteiger partial charge on any atom is 0.0915 e. The van der Waals surface area contributed by atoms with Gasteiger partial charge in [0, 0.05) is 13.7 Å². The number of ether oxygens (including phenoxy) is 1. The smallest absolute Gasteiger partial charge is 0.0915 e. The molecule has 90 valence electrons. The minimum absolute atomic E-state index is 0.555. The fourth-order valence-electron chi connectivity index (χ4n) is 1.49. The summed E-state index contributed by atoms with van der Waals surface area (Å²) in [6, 6.07) is 10.5. The van der Waals surface area contributed by atoms with E-state index in [2.05, 4.69) is 36.7 Å². The summed E-state index contributed by atoms with van der Waals surface area (Å²) in [5, 5.41) is 0. The maximum absolute atomic E-state index is 5.19. The lowest BCUT2D eigenvalue weighted by molar-refractivity contribution is 0.00612. The molecule has 1 rings (SSSR count). The number of rotatable bonds is 8. The van der Waals surface area contributed by atoms with Crippen molar-refractivity contribution in [3.63, 3.8) is 0 Å². The summed E-state index contributed by atoms with van der Waals surface area (Å²) in [5.74, 6) is 0.555. The third-order valence-electron chi connectivity index (χ3n) is 2.54. The van der Waals surface area contributed by atoms with Gasteiger partial charge in [-0.2, -0.15) is 0 Å². The highest BCUT2D eigenvalue weighted by atomic mass is 16.7. The van der Waals surface area contributed by atoms with Gasteiger partial charge in [-0.1, -0.05) is 37.3 Å². The molecular formula is C13H21NO2. The molecule has 0 aliphatic rings. The van der Waals surface area contributed by atoms with Crippen LogP contribution in [0.2, 0.25) is 0 Å². The molecule has 0 aliphatic heterocycles. The molecule has 16 heavy (non-hydrogen) atoms. The number of methoxy groups -OCH3 is 1. The van der Waals surface area contributed by atoms with E-state index in [1.54, 1.807) is 7.11 Å². The molecular weight excluding hydrogens is 202 g/mol. The Morgan fingerprint density at radius 2 is 1.94 bits per heavy atom. The molecule has 0 heterocycles.